The average molecular weight is 450 g/mol. The summed E-state index contributed by atoms with van der Waals surface area (Å²) in [5.41, 5.74) is 0.243. The number of pyridine rings is 1. The first-order chi connectivity index (χ1) is 15.7. The topological polar surface area (TPSA) is 89.4 Å². The third-order valence-electron chi connectivity index (χ3n) is 5.68. The van der Waals surface area contributed by atoms with Crippen LogP contribution in [0.25, 0.3) is 10.8 Å². The van der Waals surface area contributed by atoms with Crippen molar-refractivity contribution >= 4 is 22.6 Å². The lowest BCUT2D eigenvalue weighted by atomic mass is 10.0. The molecule has 0 aliphatic rings. The Hall–Kier alpha value is -3.61. The van der Waals surface area contributed by atoms with Gasteiger partial charge in [-0.2, -0.15) is 0 Å². The number of carbonyl (C=O) groups excluding carboxylic acids is 2. The molecule has 7 nitrogen and oxygen atoms in total. The predicted octanol–water partition coefficient (Wildman–Crippen LogP) is 3.91. The maximum Gasteiger partial charge on any atom is 0.257 e. The van der Waals surface area contributed by atoms with Gasteiger partial charge in [-0.1, -0.05) is 32.0 Å². The van der Waals surface area contributed by atoms with Crippen LogP contribution in [0, 0.1) is 5.92 Å². The highest BCUT2D eigenvalue weighted by Gasteiger charge is 2.20. The number of rotatable bonds is 8. The lowest BCUT2D eigenvalue weighted by molar-refractivity contribution is 0.0938. The number of amides is 2. The molecular formula is C26H31N3O4. The van der Waals surface area contributed by atoms with E-state index in [-0.39, 0.29) is 17.2 Å². The molecule has 2 amide bonds. The second kappa shape index (κ2) is 10.3. The molecule has 2 N–H and O–H groups in total. The molecule has 0 bridgehead atoms. The van der Waals surface area contributed by atoms with Crippen LogP contribution in [-0.4, -0.2) is 30.5 Å². The summed E-state index contributed by atoms with van der Waals surface area (Å²) in [6.07, 6.45) is 3.91. The summed E-state index contributed by atoms with van der Waals surface area (Å²) < 4.78 is 7.02. The lowest BCUT2D eigenvalue weighted by Gasteiger charge is -2.17. The van der Waals surface area contributed by atoms with E-state index in [9.17, 15) is 14.4 Å². The van der Waals surface area contributed by atoms with E-state index in [2.05, 4.69) is 24.5 Å². The van der Waals surface area contributed by atoms with Gasteiger partial charge < -0.3 is 19.9 Å². The molecular weight excluding hydrogens is 418 g/mol. The molecule has 1 aromatic heterocycles. The SMILES string of the molecule is CNC(=O)c1cn(CCC(C)C)cc(C(=O)NC(C)c2ccc3cc(OC)ccc3c2)c1=O. The van der Waals surface area contributed by atoms with Gasteiger partial charge in [0.15, 0.2) is 0 Å². The Bertz CT molecular complexity index is 1230. The minimum absolute atomic E-state index is 0.0405. The first-order valence-corrected chi connectivity index (χ1v) is 11.1. The van der Waals surface area contributed by atoms with Crippen LogP contribution in [-0.2, 0) is 6.54 Å². The summed E-state index contributed by atoms with van der Waals surface area (Å²) >= 11 is 0. The zero-order valence-corrected chi connectivity index (χ0v) is 19.8. The van der Waals surface area contributed by atoms with Gasteiger partial charge in [-0.3, -0.25) is 14.4 Å². The van der Waals surface area contributed by atoms with Gasteiger partial charge in [0.2, 0.25) is 5.43 Å². The van der Waals surface area contributed by atoms with E-state index < -0.39 is 17.2 Å². The highest BCUT2D eigenvalue weighted by atomic mass is 16.5. The monoisotopic (exact) mass is 449 g/mol. The van der Waals surface area contributed by atoms with E-state index in [0.717, 1.165) is 28.5 Å². The summed E-state index contributed by atoms with van der Waals surface area (Å²) in [5, 5.41) is 7.44. The third-order valence-corrected chi connectivity index (χ3v) is 5.68. The largest absolute Gasteiger partial charge is 0.497 e. The first kappa shape index (κ1) is 24.0. The molecule has 1 atom stereocenters. The van der Waals surface area contributed by atoms with Gasteiger partial charge in [0.25, 0.3) is 11.8 Å². The molecule has 2 aromatic carbocycles. The number of aryl methyl sites for hydroxylation is 1. The van der Waals surface area contributed by atoms with Crippen molar-refractivity contribution in [1.29, 1.82) is 0 Å². The Kier molecular flexibility index (Phi) is 7.53. The van der Waals surface area contributed by atoms with Crippen LogP contribution in [0.5, 0.6) is 5.75 Å². The Morgan fingerprint density at radius 1 is 0.970 bits per heavy atom. The number of methoxy groups -OCH3 is 1. The number of aromatic nitrogens is 1. The van der Waals surface area contributed by atoms with Gasteiger partial charge in [-0.15, -0.1) is 0 Å². The van der Waals surface area contributed by atoms with Crippen LogP contribution >= 0.6 is 0 Å². The fourth-order valence-electron chi connectivity index (χ4n) is 3.62. The fraction of sp³-hybridized carbons (Fsp3) is 0.346. The molecule has 33 heavy (non-hydrogen) atoms. The summed E-state index contributed by atoms with van der Waals surface area (Å²) in [6.45, 7) is 6.66. The lowest BCUT2D eigenvalue weighted by Crippen LogP contribution is -2.35. The van der Waals surface area contributed by atoms with Crippen LogP contribution in [0.4, 0.5) is 0 Å². The van der Waals surface area contributed by atoms with Crippen LogP contribution < -0.4 is 20.8 Å². The van der Waals surface area contributed by atoms with Crippen molar-refractivity contribution in [2.45, 2.75) is 39.8 Å². The summed E-state index contributed by atoms with van der Waals surface area (Å²) in [7, 11) is 3.09. The van der Waals surface area contributed by atoms with Crippen LogP contribution in [0.2, 0.25) is 0 Å². The Balaban J connectivity index is 1.89. The molecule has 0 aliphatic heterocycles. The average Bonchev–Trinajstić information content (AvgIpc) is 2.81. The van der Waals surface area contributed by atoms with Gasteiger partial charge in [-0.25, -0.2) is 0 Å². The summed E-state index contributed by atoms with van der Waals surface area (Å²) in [4.78, 5) is 38.2. The Morgan fingerprint density at radius 3 is 2.24 bits per heavy atom. The number of carbonyl (C=O) groups is 2. The zero-order valence-electron chi connectivity index (χ0n) is 19.8. The van der Waals surface area contributed by atoms with Gasteiger partial charge in [0.1, 0.15) is 16.9 Å². The summed E-state index contributed by atoms with van der Waals surface area (Å²) in [5.74, 6) is 0.205. The number of benzene rings is 2. The maximum atomic E-state index is 13.1. The Labute approximate surface area is 193 Å². The minimum Gasteiger partial charge on any atom is -0.497 e. The van der Waals surface area contributed by atoms with E-state index in [1.807, 2.05) is 43.3 Å². The number of hydrogen-bond donors (Lipinski definition) is 2. The molecule has 0 spiro atoms. The number of nitrogens with zero attached hydrogens (tertiary/aromatic N) is 1. The molecule has 7 heteroatoms. The van der Waals surface area contributed by atoms with Crippen molar-refractivity contribution in [1.82, 2.24) is 15.2 Å². The summed E-state index contributed by atoms with van der Waals surface area (Å²) in [6, 6.07) is 11.4. The number of hydrogen-bond acceptors (Lipinski definition) is 4. The standard InChI is InChI=1S/C26H31N3O4/c1-16(2)10-11-29-14-22(25(31)27-4)24(30)23(15-29)26(32)28-17(3)18-6-7-20-13-21(33-5)9-8-19(20)12-18/h6-9,12-17H,10-11H2,1-5H3,(H,27,31)(H,28,32). The van der Waals surface area contributed by atoms with Crippen molar-refractivity contribution < 1.29 is 14.3 Å². The van der Waals surface area contributed by atoms with Crippen LogP contribution in [0.3, 0.4) is 0 Å². The van der Waals surface area contributed by atoms with Gasteiger partial charge in [-0.05, 0) is 53.8 Å². The van der Waals surface area contributed by atoms with Gasteiger partial charge in [0, 0.05) is 26.0 Å². The molecule has 3 aromatic rings. The fourth-order valence-corrected chi connectivity index (χ4v) is 3.62. The Morgan fingerprint density at radius 2 is 1.61 bits per heavy atom. The third kappa shape index (κ3) is 5.61. The maximum absolute atomic E-state index is 13.1. The molecule has 1 heterocycles. The second-order valence-electron chi connectivity index (χ2n) is 8.58. The molecule has 1 unspecified atom stereocenters. The number of nitrogens with one attached hydrogen (secondary N) is 2. The zero-order chi connectivity index (χ0) is 24.1. The van der Waals surface area contributed by atoms with Crippen LogP contribution in [0.15, 0.2) is 53.6 Å². The van der Waals surface area contributed by atoms with Gasteiger partial charge in [0.05, 0.1) is 13.2 Å². The van der Waals surface area contributed by atoms with Crippen molar-refractivity contribution in [3.63, 3.8) is 0 Å². The minimum atomic E-state index is -0.578. The van der Waals surface area contributed by atoms with E-state index in [4.69, 9.17) is 4.74 Å². The molecule has 0 radical (unpaired) electrons. The molecule has 174 valence electrons. The van der Waals surface area contributed by atoms with E-state index in [1.54, 1.807) is 11.7 Å². The predicted molar refractivity (Wildman–Crippen MR) is 130 cm³/mol. The smallest absolute Gasteiger partial charge is 0.257 e. The van der Waals surface area contributed by atoms with Crippen molar-refractivity contribution in [3.8, 4) is 5.75 Å². The van der Waals surface area contributed by atoms with Gasteiger partial charge >= 0.3 is 0 Å². The van der Waals surface area contributed by atoms with Crippen LogP contribution in [0.1, 0.15) is 59.5 Å². The van der Waals surface area contributed by atoms with Crippen molar-refractivity contribution in [2.75, 3.05) is 14.2 Å². The first-order valence-electron chi connectivity index (χ1n) is 11.1. The normalized spacial score (nSPS) is 11.9. The quantitative estimate of drug-likeness (QED) is 0.546. The number of fused-ring (bicyclic) bond motifs is 1. The van der Waals surface area contributed by atoms with E-state index >= 15 is 0 Å². The number of ether oxygens (including phenoxy) is 1. The molecule has 0 saturated carbocycles. The highest BCUT2D eigenvalue weighted by molar-refractivity contribution is 5.99. The highest BCUT2D eigenvalue weighted by Crippen LogP contribution is 2.24. The van der Waals surface area contributed by atoms with Crippen molar-refractivity contribution in [3.05, 3.63) is 75.7 Å². The van der Waals surface area contributed by atoms with Crippen molar-refractivity contribution in [2.24, 2.45) is 5.92 Å². The molecule has 3 rings (SSSR count). The molecule has 0 fully saturated rings. The molecule has 0 aliphatic carbocycles. The van der Waals surface area contributed by atoms with E-state index in [1.165, 1.54) is 19.4 Å². The van der Waals surface area contributed by atoms with E-state index in [0.29, 0.717) is 12.5 Å². The molecule has 0 saturated heterocycles. The second-order valence-corrected chi connectivity index (χ2v) is 8.58.